The summed E-state index contributed by atoms with van der Waals surface area (Å²) in [5.41, 5.74) is -0.328. The molecule has 2 aromatic heterocycles. The molecule has 5 fully saturated rings. The first-order valence-corrected chi connectivity index (χ1v) is 24.7. The first-order valence-electron chi connectivity index (χ1n) is 23.2. The van der Waals surface area contributed by atoms with Gasteiger partial charge in [-0.15, -0.1) is 0 Å². The molecular formula is C48H60N6O10S. The smallest absolute Gasteiger partial charge is 0.408 e. The number of hydrogen-bond acceptors (Lipinski definition) is 11. The van der Waals surface area contributed by atoms with Crippen LogP contribution in [0.15, 0.2) is 54.7 Å². The lowest BCUT2D eigenvalue weighted by molar-refractivity contribution is -0.145. The van der Waals surface area contributed by atoms with Gasteiger partial charge in [-0.2, -0.15) is 0 Å². The summed E-state index contributed by atoms with van der Waals surface area (Å²) < 4.78 is 46.5. The molecule has 65 heavy (non-hydrogen) atoms. The van der Waals surface area contributed by atoms with E-state index < -0.39 is 74.7 Å². The number of allylic oxidation sites excluding steroid dienone is 1. The van der Waals surface area contributed by atoms with Gasteiger partial charge in [-0.05, 0) is 131 Å². The van der Waals surface area contributed by atoms with Gasteiger partial charge in [-0.25, -0.2) is 23.2 Å². The van der Waals surface area contributed by atoms with E-state index in [9.17, 15) is 27.9 Å². The third-order valence-electron chi connectivity index (χ3n) is 14.4. The number of carbonyl (C=O) groups is 4. The number of amides is 4. The van der Waals surface area contributed by atoms with Crippen molar-refractivity contribution in [2.45, 2.75) is 133 Å². The summed E-state index contributed by atoms with van der Waals surface area (Å²) in [6.45, 7) is 7.78. The molecule has 3 aromatic rings. The van der Waals surface area contributed by atoms with Crippen LogP contribution in [0.5, 0.6) is 17.5 Å². The van der Waals surface area contributed by atoms with Gasteiger partial charge in [-0.1, -0.05) is 26.0 Å². The maximum atomic E-state index is 15.5. The second-order valence-corrected chi connectivity index (χ2v) is 21.7. The van der Waals surface area contributed by atoms with Crippen LogP contribution in [0.1, 0.15) is 91.9 Å². The van der Waals surface area contributed by atoms with E-state index in [1.54, 1.807) is 25.4 Å². The number of nitrogens with zero attached hydrogens (tertiary/aromatic N) is 4. The second kappa shape index (κ2) is 17.4. The fourth-order valence-corrected chi connectivity index (χ4v) is 12.0. The van der Waals surface area contributed by atoms with Gasteiger partial charge >= 0.3 is 6.09 Å². The number of sulfonamides is 1. The van der Waals surface area contributed by atoms with Crippen LogP contribution in [0.4, 0.5) is 4.79 Å². The first kappa shape index (κ1) is 44.7. The van der Waals surface area contributed by atoms with Crippen LogP contribution < -0.4 is 24.2 Å². The summed E-state index contributed by atoms with van der Waals surface area (Å²) in [5.74, 6) is -0.505. The minimum atomic E-state index is -3.95. The Morgan fingerprint density at radius 3 is 2.46 bits per heavy atom. The molecule has 1 unspecified atom stereocenters. The van der Waals surface area contributed by atoms with Gasteiger partial charge in [0.25, 0.3) is 5.91 Å². The number of benzene rings is 1. The van der Waals surface area contributed by atoms with E-state index in [-0.39, 0.29) is 43.3 Å². The van der Waals surface area contributed by atoms with Crippen LogP contribution in [0.2, 0.25) is 0 Å². The van der Waals surface area contributed by atoms with Crippen LogP contribution >= 0.6 is 0 Å². The number of ether oxygens (including phenoxy) is 3. The summed E-state index contributed by atoms with van der Waals surface area (Å²) >= 11 is 0. The molecule has 3 N–H and O–H groups in total. The molecule has 10 atom stereocenters. The Labute approximate surface area is 379 Å². The predicted octanol–water partition coefficient (Wildman–Crippen LogP) is 6.08. The summed E-state index contributed by atoms with van der Waals surface area (Å²) in [4.78, 5) is 70.1. The van der Waals surface area contributed by atoms with Crippen LogP contribution in [-0.4, -0.2) is 112 Å². The minimum Gasteiger partial charge on any atom is -0.497 e. The Bertz CT molecular complexity index is 2490. The summed E-state index contributed by atoms with van der Waals surface area (Å²) in [6, 6.07) is 8.38. The minimum absolute atomic E-state index is 0.0132. The van der Waals surface area contributed by atoms with Crippen LogP contribution in [-0.2, 0) is 24.4 Å². The van der Waals surface area contributed by atoms with E-state index in [1.807, 2.05) is 57.2 Å². The van der Waals surface area contributed by atoms with Crippen molar-refractivity contribution in [2.75, 3.05) is 13.7 Å². The van der Waals surface area contributed by atoms with Gasteiger partial charge in [0.2, 0.25) is 33.6 Å². The molecule has 2 aliphatic heterocycles. The fraction of sp³-hybridized carbons (Fsp3) is 0.583. The van der Waals surface area contributed by atoms with Gasteiger partial charge in [0.05, 0.1) is 30.7 Å². The Hall–Kier alpha value is -5.45. The standard InChI is InChI=1S/C48H60N6O10S/c1-26(2)63-41-15-10-29(24-49-41)39-21-32-20-35(62-5)11-14-38(32)44(50-39)64-36-22-40-43(55)51-48(46(57)52-65(60,61)37-12-13-37)23-33(48)9-7-6-8-27(3)16-28(4)42(45(56)53(40)25-36)54(47(58)59)34-18-30-17-31(30)19-34/h7,9-11,14-15,20-21,24,26-28,30-31,33-34,36-37,40,42H,6,8,12-13,16-19,22-23,25H2,1-5H3,(H,51,55)(H,52,57)(H,58,59)/b9-7-/t27-,28-,30+,31?,33-,34-,36-,40+,42+,48-/m1/s1. The van der Waals surface area contributed by atoms with E-state index in [2.05, 4.69) is 21.9 Å². The molecule has 4 aliphatic carbocycles. The van der Waals surface area contributed by atoms with E-state index in [1.165, 1.54) is 9.80 Å². The van der Waals surface area contributed by atoms with Crippen LogP contribution in [0, 0.1) is 29.6 Å². The molecule has 348 valence electrons. The van der Waals surface area contributed by atoms with Crippen molar-refractivity contribution in [1.29, 1.82) is 0 Å². The van der Waals surface area contributed by atoms with Gasteiger partial charge in [-0.3, -0.25) is 24.0 Å². The number of rotatable bonds is 11. The molecule has 4 amide bonds. The maximum absolute atomic E-state index is 15.5. The van der Waals surface area contributed by atoms with Gasteiger partial charge in [0.1, 0.15) is 29.5 Å². The summed E-state index contributed by atoms with van der Waals surface area (Å²) in [7, 11) is -2.37. The summed E-state index contributed by atoms with van der Waals surface area (Å²) in [5, 5.41) is 14.6. The Kier molecular flexibility index (Phi) is 12.0. The fourth-order valence-electron chi connectivity index (χ4n) is 10.7. The van der Waals surface area contributed by atoms with Gasteiger partial charge in [0.15, 0.2) is 0 Å². The average molecular weight is 913 g/mol. The molecule has 4 saturated carbocycles. The van der Waals surface area contributed by atoms with Crippen LogP contribution in [0.3, 0.4) is 0 Å². The number of methoxy groups -OCH3 is 1. The number of nitrogens with one attached hydrogen (secondary N) is 2. The number of carboxylic acid groups (broad SMARTS) is 1. The zero-order chi connectivity index (χ0) is 45.9. The number of hydrogen-bond donors (Lipinski definition) is 3. The number of fused-ring (bicyclic) bond motifs is 4. The molecule has 16 nitrogen and oxygen atoms in total. The molecule has 17 heteroatoms. The summed E-state index contributed by atoms with van der Waals surface area (Å²) in [6.07, 6.45) is 8.97. The number of aromatic nitrogens is 2. The monoisotopic (exact) mass is 912 g/mol. The Balaban J connectivity index is 1.09. The molecule has 6 aliphatic rings. The largest absolute Gasteiger partial charge is 0.497 e. The topological polar surface area (TPSA) is 207 Å². The van der Waals surface area contributed by atoms with Crippen LogP contribution in [0.25, 0.3) is 22.0 Å². The van der Waals surface area contributed by atoms with Gasteiger partial charge in [0, 0.05) is 41.6 Å². The molecule has 1 aromatic carbocycles. The highest BCUT2D eigenvalue weighted by molar-refractivity contribution is 7.91. The van der Waals surface area contributed by atoms with Crippen molar-refractivity contribution in [2.24, 2.45) is 29.6 Å². The number of pyridine rings is 2. The highest BCUT2D eigenvalue weighted by Gasteiger charge is 2.62. The maximum Gasteiger partial charge on any atom is 0.408 e. The average Bonchev–Trinajstić information content (AvgIpc) is 4.23. The lowest BCUT2D eigenvalue weighted by atomic mass is 9.86. The molecular weight excluding hydrogens is 853 g/mol. The zero-order valence-electron chi connectivity index (χ0n) is 37.6. The lowest BCUT2D eigenvalue weighted by Gasteiger charge is -2.40. The van der Waals surface area contributed by atoms with E-state index >= 15 is 4.79 Å². The highest BCUT2D eigenvalue weighted by Crippen LogP contribution is 2.54. The molecule has 1 saturated heterocycles. The lowest BCUT2D eigenvalue weighted by Crippen LogP contribution is -2.61. The predicted molar refractivity (Wildman–Crippen MR) is 240 cm³/mol. The third-order valence-corrected chi connectivity index (χ3v) is 16.2. The zero-order valence-corrected chi connectivity index (χ0v) is 38.5. The van der Waals surface area contributed by atoms with Crippen molar-refractivity contribution in [1.82, 2.24) is 29.8 Å². The quantitative estimate of drug-likeness (QED) is 0.187. The van der Waals surface area contributed by atoms with Crippen molar-refractivity contribution in [3.05, 3.63) is 54.7 Å². The highest BCUT2D eigenvalue weighted by atomic mass is 32.2. The first-order chi connectivity index (χ1) is 31.0. The Morgan fingerprint density at radius 2 is 1.78 bits per heavy atom. The van der Waals surface area contributed by atoms with E-state index in [0.717, 1.165) is 18.2 Å². The van der Waals surface area contributed by atoms with E-state index in [0.29, 0.717) is 78.6 Å². The van der Waals surface area contributed by atoms with Crippen molar-refractivity contribution >= 4 is 44.6 Å². The van der Waals surface area contributed by atoms with Crippen molar-refractivity contribution < 1.29 is 46.9 Å². The second-order valence-electron chi connectivity index (χ2n) is 19.7. The van der Waals surface area contributed by atoms with Crippen molar-refractivity contribution in [3.63, 3.8) is 0 Å². The van der Waals surface area contributed by atoms with Gasteiger partial charge < -0.3 is 29.5 Å². The van der Waals surface area contributed by atoms with Crippen molar-refractivity contribution in [3.8, 4) is 28.8 Å². The SMILES string of the molecule is COc1ccc2c(O[C@@H]3C[C@H]4C(=O)N[C@]5(C(=O)NS(=O)(=O)C6CC6)C[C@H]5/C=C\CC[C@@H](C)C[C@@H](C)[C@H](N(C(=O)O)[C@H]5CC6C[C@H]6C5)C(=O)N4C3)nc(-c3ccc(OC(C)C)nc3)cc2c1. The molecule has 4 heterocycles. The molecule has 0 bridgehead atoms. The third kappa shape index (κ3) is 9.21. The molecule has 0 spiro atoms. The molecule has 0 radical (unpaired) electrons. The normalized spacial score (nSPS) is 31.7. The molecule has 9 rings (SSSR count). The number of carbonyl (C=O) groups excluding carboxylic acids is 3. The van der Waals surface area contributed by atoms with E-state index in [4.69, 9.17) is 19.2 Å². The Morgan fingerprint density at radius 1 is 1.02 bits per heavy atom.